The molecule has 1 saturated heterocycles. The summed E-state index contributed by atoms with van der Waals surface area (Å²) in [5, 5.41) is 10.3. The van der Waals surface area contributed by atoms with Crippen LogP contribution in [0.3, 0.4) is 0 Å². The minimum absolute atomic E-state index is 0.0793. The number of rotatable bonds is 5. The summed E-state index contributed by atoms with van der Waals surface area (Å²) >= 11 is 1.61. The molecule has 6 nitrogen and oxygen atoms in total. The fourth-order valence-corrected chi connectivity index (χ4v) is 4.17. The van der Waals surface area contributed by atoms with E-state index >= 15 is 0 Å². The summed E-state index contributed by atoms with van der Waals surface area (Å²) in [6.07, 6.45) is 3.32. The van der Waals surface area contributed by atoms with E-state index < -0.39 is 0 Å². The third-order valence-electron chi connectivity index (χ3n) is 4.76. The first-order chi connectivity index (χ1) is 12.6. The van der Waals surface area contributed by atoms with Gasteiger partial charge in [0.2, 0.25) is 0 Å². The van der Waals surface area contributed by atoms with E-state index in [1.165, 1.54) is 0 Å². The molecule has 26 heavy (non-hydrogen) atoms. The smallest absolute Gasteiger partial charge is 0.252 e. The first-order valence-electron chi connectivity index (χ1n) is 8.91. The Labute approximate surface area is 156 Å². The summed E-state index contributed by atoms with van der Waals surface area (Å²) in [5.41, 5.74) is 2.99. The van der Waals surface area contributed by atoms with E-state index in [0.717, 1.165) is 53.2 Å². The maximum Gasteiger partial charge on any atom is 0.252 e. The second-order valence-electron chi connectivity index (χ2n) is 6.62. The highest BCUT2D eigenvalue weighted by atomic mass is 32.1. The zero-order chi connectivity index (χ0) is 18.1. The number of nitrogens with zero attached hydrogens (tertiary/aromatic N) is 3. The molecule has 1 aliphatic heterocycles. The molecule has 4 heterocycles. The number of aromatic nitrogens is 3. The number of hydrogen-bond acceptors (Lipinski definition) is 5. The molecule has 3 aromatic rings. The molecule has 1 fully saturated rings. The fourth-order valence-electron chi connectivity index (χ4n) is 3.49. The molecule has 3 aromatic heterocycles. The van der Waals surface area contributed by atoms with E-state index in [0.29, 0.717) is 12.1 Å². The number of carbonyl (C=O) groups is 1. The number of aryl methyl sites for hydroxylation is 2. The molecule has 0 radical (unpaired) electrons. The SMILES string of the molecule is Cc1nn(C)c2nc(-c3cccs3)cc(C(=O)NCCC3CCCO3)c12. The number of carbonyl (C=O) groups excluding carboxylic acids is 1. The van der Waals surface area contributed by atoms with Gasteiger partial charge in [0.25, 0.3) is 5.91 Å². The number of hydrogen-bond donors (Lipinski definition) is 1. The highest BCUT2D eigenvalue weighted by Crippen LogP contribution is 2.29. The Bertz CT molecular complexity index is 927. The molecule has 0 saturated carbocycles. The maximum atomic E-state index is 12.9. The summed E-state index contributed by atoms with van der Waals surface area (Å²) in [4.78, 5) is 18.7. The third-order valence-corrected chi connectivity index (χ3v) is 5.66. The molecular weight excluding hydrogens is 348 g/mol. The van der Waals surface area contributed by atoms with Crippen molar-refractivity contribution in [3.05, 3.63) is 34.8 Å². The van der Waals surface area contributed by atoms with Crippen LogP contribution in [0.2, 0.25) is 0 Å². The monoisotopic (exact) mass is 370 g/mol. The molecule has 0 aliphatic carbocycles. The van der Waals surface area contributed by atoms with Gasteiger partial charge in [-0.1, -0.05) is 6.07 Å². The molecule has 1 atom stereocenters. The molecule has 136 valence electrons. The predicted molar refractivity (Wildman–Crippen MR) is 102 cm³/mol. The quantitative estimate of drug-likeness (QED) is 0.748. The standard InChI is InChI=1S/C19H22N4O2S/c1-12-17-14(19(24)20-8-7-13-5-3-9-25-13)11-15(16-6-4-10-26-16)21-18(17)23(2)22-12/h4,6,10-11,13H,3,5,7-9H2,1-2H3,(H,20,24). The molecule has 0 spiro atoms. The van der Waals surface area contributed by atoms with Crippen molar-refractivity contribution in [1.82, 2.24) is 20.1 Å². The lowest BCUT2D eigenvalue weighted by Gasteiger charge is -2.11. The van der Waals surface area contributed by atoms with E-state index in [4.69, 9.17) is 9.72 Å². The summed E-state index contributed by atoms with van der Waals surface area (Å²) in [7, 11) is 1.86. The van der Waals surface area contributed by atoms with Crippen LogP contribution < -0.4 is 5.32 Å². The zero-order valence-electron chi connectivity index (χ0n) is 15.0. The van der Waals surface area contributed by atoms with Crippen LogP contribution in [-0.4, -0.2) is 39.9 Å². The minimum atomic E-state index is -0.0793. The number of thiophene rings is 1. The largest absolute Gasteiger partial charge is 0.378 e. The Morgan fingerprint density at radius 3 is 3.12 bits per heavy atom. The van der Waals surface area contributed by atoms with Crippen LogP contribution in [0.4, 0.5) is 0 Å². The summed E-state index contributed by atoms with van der Waals surface area (Å²) in [6, 6.07) is 5.88. The first kappa shape index (κ1) is 17.2. The highest BCUT2D eigenvalue weighted by molar-refractivity contribution is 7.13. The van der Waals surface area contributed by atoms with Crippen LogP contribution in [0.5, 0.6) is 0 Å². The topological polar surface area (TPSA) is 69.0 Å². The van der Waals surface area contributed by atoms with Crippen molar-refractivity contribution in [2.24, 2.45) is 7.05 Å². The second kappa shape index (κ2) is 7.17. The van der Waals surface area contributed by atoms with Crippen molar-refractivity contribution >= 4 is 28.3 Å². The van der Waals surface area contributed by atoms with Gasteiger partial charge >= 0.3 is 0 Å². The number of fused-ring (bicyclic) bond motifs is 1. The normalized spacial score (nSPS) is 17.1. The lowest BCUT2D eigenvalue weighted by molar-refractivity contribution is 0.0908. The molecule has 0 aromatic carbocycles. The van der Waals surface area contributed by atoms with Crippen molar-refractivity contribution in [3.8, 4) is 10.6 Å². The van der Waals surface area contributed by atoms with E-state index in [2.05, 4.69) is 10.4 Å². The third kappa shape index (κ3) is 3.24. The Hall–Kier alpha value is -2.25. The average Bonchev–Trinajstić information content (AvgIpc) is 3.37. The fraction of sp³-hybridized carbons (Fsp3) is 0.421. The molecule has 1 unspecified atom stereocenters. The summed E-state index contributed by atoms with van der Waals surface area (Å²) in [6.45, 7) is 3.36. The van der Waals surface area contributed by atoms with Crippen LogP contribution in [0.15, 0.2) is 23.6 Å². The molecule has 1 aliphatic rings. The molecule has 0 bridgehead atoms. The van der Waals surface area contributed by atoms with E-state index in [9.17, 15) is 4.79 Å². The molecular formula is C19H22N4O2S. The predicted octanol–water partition coefficient (Wildman–Crippen LogP) is 3.30. The van der Waals surface area contributed by atoms with E-state index in [1.807, 2.05) is 37.6 Å². The van der Waals surface area contributed by atoms with Crippen LogP contribution in [0, 0.1) is 6.92 Å². The minimum Gasteiger partial charge on any atom is -0.378 e. The van der Waals surface area contributed by atoms with E-state index in [-0.39, 0.29) is 12.0 Å². The Kier molecular flexibility index (Phi) is 4.74. The number of amides is 1. The highest BCUT2D eigenvalue weighted by Gasteiger charge is 2.20. The Balaban J connectivity index is 1.64. The van der Waals surface area contributed by atoms with Gasteiger partial charge in [0, 0.05) is 20.2 Å². The van der Waals surface area contributed by atoms with Crippen molar-refractivity contribution in [1.29, 1.82) is 0 Å². The van der Waals surface area contributed by atoms with Crippen LogP contribution in [0.1, 0.15) is 35.3 Å². The van der Waals surface area contributed by atoms with E-state index in [1.54, 1.807) is 16.0 Å². The lowest BCUT2D eigenvalue weighted by Crippen LogP contribution is -2.27. The summed E-state index contributed by atoms with van der Waals surface area (Å²) in [5.74, 6) is -0.0793. The zero-order valence-corrected chi connectivity index (χ0v) is 15.8. The van der Waals surface area contributed by atoms with Gasteiger partial charge in [-0.3, -0.25) is 9.48 Å². The van der Waals surface area contributed by atoms with Gasteiger partial charge in [-0.15, -0.1) is 11.3 Å². The van der Waals surface area contributed by atoms with Crippen molar-refractivity contribution in [2.75, 3.05) is 13.2 Å². The van der Waals surface area contributed by atoms with Crippen LogP contribution >= 0.6 is 11.3 Å². The van der Waals surface area contributed by atoms with Gasteiger partial charge < -0.3 is 10.1 Å². The lowest BCUT2D eigenvalue weighted by atomic mass is 10.1. The number of nitrogens with one attached hydrogen (secondary N) is 1. The number of pyridine rings is 1. The van der Waals surface area contributed by atoms with Crippen molar-refractivity contribution < 1.29 is 9.53 Å². The van der Waals surface area contributed by atoms with Gasteiger partial charge in [0.15, 0.2) is 5.65 Å². The van der Waals surface area contributed by atoms with Crippen LogP contribution in [-0.2, 0) is 11.8 Å². The average molecular weight is 370 g/mol. The van der Waals surface area contributed by atoms with Crippen molar-refractivity contribution in [3.63, 3.8) is 0 Å². The van der Waals surface area contributed by atoms with Gasteiger partial charge in [-0.05, 0) is 43.7 Å². The second-order valence-corrected chi connectivity index (χ2v) is 7.57. The molecule has 4 rings (SSSR count). The van der Waals surface area contributed by atoms with Gasteiger partial charge in [0.1, 0.15) is 0 Å². The molecule has 7 heteroatoms. The van der Waals surface area contributed by atoms with Crippen LogP contribution in [0.25, 0.3) is 21.6 Å². The van der Waals surface area contributed by atoms with Gasteiger partial charge in [-0.2, -0.15) is 5.10 Å². The maximum absolute atomic E-state index is 12.9. The Morgan fingerprint density at radius 2 is 2.38 bits per heavy atom. The van der Waals surface area contributed by atoms with Gasteiger partial charge in [-0.25, -0.2) is 4.98 Å². The van der Waals surface area contributed by atoms with Crippen molar-refractivity contribution in [2.45, 2.75) is 32.3 Å². The summed E-state index contributed by atoms with van der Waals surface area (Å²) < 4.78 is 7.37. The number of ether oxygens (including phenoxy) is 1. The first-order valence-corrected chi connectivity index (χ1v) is 9.79. The van der Waals surface area contributed by atoms with Gasteiger partial charge in [0.05, 0.1) is 33.3 Å². The Morgan fingerprint density at radius 1 is 1.50 bits per heavy atom. The molecule has 1 amide bonds. The molecule has 1 N–H and O–H groups in total.